The molecule has 0 atom stereocenters. The summed E-state index contributed by atoms with van der Waals surface area (Å²) in [6.45, 7) is 5.25. The van der Waals surface area contributed by atoms with Gasteiger partial charge < -0.3 is 48.3 Å². The molecular formula is C81H68BrCl2N27O2. The molecule has 0 spiro atoms. The highest BCUT2D eigenvalue weighted by atomic mass is 79.9. The molecule has 0 fully saturated rings. The van der Waals surface area contributed by atoms with E-state index in [2.05, 4.69) is 126 Å². The van der Waals surface area contributed by atoms with E-state index in [-0.39, 0.29) is 10.7 Å². The Kier molecular flexibility index (Phi) is 25.7. The number of fused-ring (bicyclic) bond motifs is 4. The summed E-state index contributed by atoms with van der Waals surface area (Å²) in [5.41, 5.74) is 13.9. The van der Waals surface area contributed by atoms with Crippen molar-refractivity contribution in [3.63, 3.8) is 0 Å². The summed E-state index contributed by atoms with van der Waals surface area (Å²) < 4.78 is 0.974. The van der Waals surface area contributed by atoms with Crippen LogP contribution in [-0.2, 0) is 0 Å². The number of rotatable bonds is 25. The average Bonchev–Trinajstić information content (AvgIpc) is 1.10. The molecule has 29 nitrogen and oxygen atoms in total. The molecule has 9 aromatic heterocycles. The lowest BCUT2D eigenvalue weighted by Gasteiger charge is -2.12. The maximum Gasteiger partial charge on any atom is 0.270 e. The van der Waals surface area contributed by atoms with Gasteiger partial charge in [0.2, 0.25) is 0 Å². The molecule has 0 bridgehead atoms. The standard InChI is InChI=1S/C22H18ClN7.C21H17N7.C19H17BrN6.C19H16ClN7O2/c23-18-11-15(25)6-7-16(18)22-29-19-4-2-1-3-17(19)21(30-22)27-10-9-26-20-8-5-14(12-24)13-28-20;22-13-15-5-6-19(26-14-15)24-11-12-25-21-17-3-1-2-4-18(17)27-20(28-21)16-7-9-23-10-8-16;20-15-7-3-1-5-13(15)19-24-16-8-4-2-6-14(16)18(25-19)22-12-11-21-17-9-10-23-26-17;20-15-11-12(27(28)29)5-6-13(15)19-24-16-4-2-1-3-14(16)18(25-19)22-10-9-21-17-7-8-23-26-17/h1-8,11,13H,9-10,25H2,(H,26,28)(H,27,29,30);1-10,14H,11-12H2,(H,24,26)(H,25,27,28);1-10H,11-12H2,(H2,21,23,26)(H,22,24,25);1-8,11H,9-10H2,(H2,21,23,26)(H,22,24,25). The van der Waals surface area contributed by atoms with Crippen LogP contribution in [0, 0.1) is 32.8 Å². The molecule has 0 unspecified atom stereocenters. The summed E-state index contributed by atoms with van der Waals surface area (Å²) in [4.78, 5) is 60.3. The van der Waals surface area contributed by atoms with Gasteiger partial charge in [0.1, 0.15) is 58.7 Å². The van der Waals surface area contributed by atoms with E-state index < -0.39 is 4.92 Å². The fourth-order valence-corrected chi connectivity index (χ4v) is 12.3. The van der Waals surface area contributed by atoms with Gasteiger partial charge in [0, 0.05) is 143 Å². The Bertz CT molecular complexity index is 6000. The molecule has 7 aromatic carbocycles. The number of benzene rings is 7. The predicted octanol–water partition coefficient (Wildman–Crippen LogP) is 16.2. The largest absolute Gasteiger partial charge is 0.399 e. The van der Waals surface area contributed by atoms with Crippen LogP contribution in [0.1, 0.15) is 11.1 Å². The minimum Gasteiger partial charge on any atom is -0.399 e. The summed E-state index contributed by atoms with van der Waals surface area (Å²) in [6, 6.07) is 67.6. The van der Waals surface area contributed by atoms with Crippen molar-refractivity contribution in [2.45, 2.75) is 0 Å². The zero-order chi connectivity index (χ0) is 78.1. The molecule has 16 aromatic rings. The van der Waals surface area contributed by atoms with E-state index in [1.165, 1.54) is 18.3 Å². The van der Waals surface area contributed by atoms with E-state index in [0.29, 0.717) is 102 Å². The maximum absolute atomic E-state index is 11.0. The minimum absolute atomic E-state index is 0.0808. The summed E-state index contributed by atoms with van der Waals surface area (Å²) in [7, 11) is 0. The van der Waals surface area contributed by atoms with Crippen molar-refractivity contribution in [2.24, 2.45) is 0 Å². The number of nitrogen functional groups attached to an aromatic ring is 1. The molecule has 0 radical (unpaired) electrons. The zero-order valence-electron chi connectivity index (χ0n) is 59.9. The summed E-state index contributed by atoms with van der Waals surface area (Å²) in [5, 5.41) is 73.0. The number of nitrogens with two attached hydrogens (primary N) is 1. The number of anilines is 9. The van der Waals surface area contributed by atoms with E-state index in [4.69, 9.17) is 59.4 Å². The number of nitriles is 2. The smallest absolute Gasteiger partial charge is 0.270 e. The minimum atomic E-state index is -0.490. The van der Waals surface area contributed by atoms with Gasteiger partial charge in [-0.2, -0.15) is 20.7 Å². The number of aromatic amines is 2. The average molecular weight is 1600 g/mol. The van der Waals surface area contributed by atoms with E-state index in [0.717, 1.165) is 113 Å². The number of nitro groups is 1. The van der Waals surface area contributed by atoms with Gasteiger partial charge in [-0.1, -0.05) is 106 Å². The van der Waals surface area contributed by atoms with Gasteiger partial charge >= 0.3 is 0 Å². The molecule has 0 saturated heterocycles. The molecule has 0 amide bonds. The molecule has 113 heavy (non-hydrogen) atoms. The Morgan fingerprint density at radius 2 is 0.805 bits per heavy atom. The van der Waals surface area contributed by atoms with Gasteiger partial charge in [-0.25, -0.2) is 49.8 Å². The van der Waals surface area contributed by atoms with Crippen molar-refractivity contribution < 1.29 is 4.92 Å². The second-order valence-electron chi connectivity index (χ2n) is 24.5. The topological polar surface area (TPSA) is 412 Å². The van der Waals surface area contributed by atoms with Crippen molar-refractivity contribution in [1.29, 1.82) is 10.5 Å². The lowest BCUT2D eigenvalue weighted by molar-refractivity contribution is -0.384. The number of H-pyrrole nitrogens is 2. The van der Waals surface area contributed by atoms with Gasteiger partial charge in [-0.3, -0.25) is 25.3 Å². The Labute approximate surface area is 664 Å². The Hall–Kier alpha value is -14.6. The van der Waals surface area contributed by atoms with Crippen molar-refractivity contribution in [1.82, 2.24) is 75.2 Å². The lowest BCUT2D eigenvalue weighted by atomic mass is 10.1. The fraction of sp³-hybridized carbons (Fsp3) is 0.0988. The van der Waals surface area contributed by atoms with Gasteiger partial charge in [0.15, 0.2) is 23.3 Å². The van der Waals surface area contributed by atoms with Crippen LogP contribution in [0.25, 0.3) is 89.2 Å². The molecular weight excluding hydrogens is 1530 g/mol. The maximum atomic E-state index is 11.0. The number of nitro benzene ring substituents is 1. The second kappa shape index (κ2) is 38.0. The molecule has 32 heteroatoms. The quantitative estimate of drug-likeness (QED) is 0.0110. The van der Waals surface area contributed by atoms with Gasteiger partial charge in [0.25, 0.3) is 5.69 Å². The summed E-state index contributed by atoms with van der Waals surface area (Å²) in [5.74, 6) is 8.43. The second-order valence-corrected chi connectivity index (χ2v) is 26.1. The highest BCUT2D eigenvalue weighted by Crippen LogP contribution is 2.35. The first kappa shape index (κ1) is 76.6. The van der Waals surface area contributed by atoms with Crippen LogP contribution in [-0.4, -0.2) is 132 Å². The van der Waals surface area contributed by atoms with Crippen LogP contribution < -0.4 is 48.3 Å². The van der Waals surface area contributed by atoms with E-state index in [9.17, 15) is 10.1 Å². The Balaban J connectivity index is 0.000000132. The van der Waals surface area contributed by atoms with Crippen LogP contribution in [0.3, 0.4) is 0 Å². The zero-order valence-corrected chi connectivity index (χ0v) is 63.0. The first-order chi connectivity index (χ1) is 55.4. The van der Waals surface area contributed by atoms with Crippen LogP contribution >= 0.6 is 39.1 Å². The van der Waals surface area contributed by atoms with Crippen LogP contribution in [0.15, 0.2) is 248 Å². The summed E-state index contributed by atoms with van der Waals surface area (Å²) >= 11 is 16.2. The third-order valence-corrected chi connectivity index (χ3v) is 18.1. The Morgan fingerprint density at radius 3 is 1.20 bits per heavy atom. The van der Waals surface area contributed by atoms with Crippen molar-refractivity contribution >= 4 is 141 Å². The molecule has 0 aliphatic heterocycles. The molecule has 0 aliphatic carbocycles. The number of para-hydroxylation sites is 4. The number of aromatic nitrogens is 15. The van der Waals surface area contributed by atoms with E-state index >= 15 is 0 Å². The number of pyridine rings is 3. The SMILES string of the molecule is Brc1ccccc1-c1nc(NCCNc2ccn[nH]2)c2ccccc2n1.N#Cc1ccc(NCCNc2nc(-c3ccc(N)cc3Cl)nc3ccccc23)nc1.N#Cc1ccc(NCCNc2nc(-c3ccncc3)nc3ccccc23)nc1.O=[N+]([O-])c1ccc(-c2nc(NCCNc3ccn[nH]3)c3ccccc3n2)c(Cl)c1. The molecule has 12 N–H and O–H groups in total. The van der Waals surface area contributed by atoms with Crippen molar-refractivity contribution in [3.8, 4) is 57.7 Å². The molecule has 0 aliphatic rings. The molecule has 9 heterocycles. The number of non-ortho nitro benzene ring substituents is 1. The lowest BCUT2D eigenvalue weighted by Crippen LogP contribution is -2.15. The molecule has 16 rings (SSSR count). The van der Waals surface area contributed by atoms with Crippen molar-refractivity contribution in [3.05, 3.63) is 279 Å². The van der Waals surface area contributed by atoms with Gasteiger partial charge in [-0.05, 0) is 127 Å². The van der Waals surface area contributed by atoms with Crippen LogP contribution in [0.4, 0.5) is 57.9 Å². The highest BCUT2D eigenvalue weighted by Gasteiger charge is 2.18. The van der Waals surface area contributed by atoms with E-state index in [1.54, 1.807) is 73.4 Å². The first-order valence-corrected chi connectivity index (χ1v) is 36.8. The third kappa shape index (κ3) is 20.4. The molecule has 560 valence electrons. The number of halogens is 3. The van der Waals surface area contributed by atoms with E-state index in [1.807, 2.05) is 152 Å². The van der Waals surface area contributed by atoms with Gasteiger partial charge in [-0.15, -0.1) is 0 Å². The van der Waals surface area contributed by atoms with Crippen molar-refractivity contribution in [2.75, 3.05) is 101 Å². The number of hydrogen-bond acceptors (Lipinski definition) is 26. The fourth-order valence-electron chi connectivity index (χ4n) is 11.3. The third-order valence-electron chi connectivity index (χ3n) is 16.8. The summed E-state index contributed by atoms with van der Waals surface area (Å²) in [6.07, 6.45) is 9.95. The van der Waals surface area contributed by atoms with Crippen LogP contribution in [0.5, 0.6) is 0 Å². The molecule has 0 saturated carbocycles. The monoisotopic (exact) mass is 1600 g/mol. The number of hydrogen-bond donors (Lipinski definition) is 11. The van der Waals surface area contributed by atoms with Gasteiger partial charge in [0.05, 0.1) is 60.6 Å². The number of nitrogens with zero attached hydrogens (tertiary/aromatic N) is 16. The Morgan fingerprint density at radius 1 is 0.416 bits per heavy atom. The predicted molar refractivity (Wildman–Crippen MR) is 449 cm³/mol. The van der Waals surface area contributed by atoms with Crippen LogP contribution in [0.2, 0.25) is 10.0 Å². The first-order valence-electron chi connectivity index (χ1n) is 35.2. The normalized spacial score (nSPS) is 10.6. The highest BCUT2D eigenvalue weighted by molar-refractivity contribution is 9.10. The number of nitrogens with one attached hydrogen (secondary N) is 10.